The van der Waals surface area contributed by atoms with Crippen molar-refractivity contribution in [3.63, 3.8) is 0 Å². The van der Waals surface area contributed by atoms with Gasteiger partial charge in [0.05, 0.1) is 5.69 Å². The molecule has 0 amide bonds. The smallest absolute Gasteiger partial charge is 0.111 e. The van der Waals surface area contributed by atoms with Gasteiger partial charge >= 0.3 is 0 Å². The summed E-state index contributed by atoms with van der Waals surface area (Å²) >= 11 is 6.01. The van der Waals surface area contributed by atoms with Crippen LogP contribution in [0.1, 0.15) is 36.3 Å². The number of aromatic amines is 1. The first-order chi connectivity index (χ1) is 8.72. The number of nitrogens with zero attached hydrogens (tertiary/aromatic N) is 1. The fourth-order valence-electron chi connectivity index (χ4n) is 2.58. The molecule has 0 saturated heterocycles. The topological polar surface area (TPSA) is 54.7 Å². The summed E-state index contributed by atoms with van der Waals surface area (Å²) in [5, 5.41) is 0.785. The molecule has 3 nitrogen and oxygen atoms in total. The molecule has 94 valence electrons. The highest BCUT2D eigenvalue weighted by Crippen LogP contribution is 2.37. The number of benzene rings is 1. The Morgan fingerprint density at radius 1 is 1.50 bits per heavy atom. The van der Waals surface area contributed by atoms with Gasteiger partial charge in [-0.25, -0.2) is 4.98 Å². The lowest BCUT2D eigenvalue weighted by Crippen LogP contribution is -2.13. The maximum Gasteiger partial charge on any atom is 0.111 e. The lowest BCUT2D eigenvalue weighted by Gasteiger charge is -2.08. The second-order valence-electron chi connectivity index (χ2n) is 4.77. The Kier molecular flexibility index (Phi) is 2.88. The molecule has 2 aromatic rings. The van der Waals surface area contributed by atoms with Crippen molar-refractivity contribution in [1.82, 2.24) is 9.97 Å². The highest BCUT2D eigenvalue weighted by molar-refractivity contribution is 6.30. The molecule has 0 saturated carbocycles. The minimum atomic E-state index is 0.325. The first kappa shape index (κ1) is 11.8. The molecule has 1 aromatic heterocycles. The van der Waals surface area contributed by atoms with Crippen LogP contribution in [-0.2, 0) is 6.42 Å². The van der Waals surface area contributed by atoms with Crippen molar-refractivity contribution in [3.05, 3.63) is 40.3 Å². The minimum absolute atomic E-state index is 0.325. The number of aromatic nitrogens is 2. The number of H-pyrrole nitrogens is 1. The SMILES string of the molecule is CCC(CN)c1nc2c([nH]1)Cc1cc(Cl)ccc1-2. The standard InChI is InChI=1S/C14H16ClN3/c1-2-8(7-16)14-17-12-6-9-5-10(15)3-4-11(9)13(12)18-14/h3-5,8H,2,6-7,16H2,1H3,(H,17,18). The van der Waals surface area contributed by atoms with Crippen LogP contribution in [0.5, 0.6) is 0 Å². The quantitative estimate of drug-likeness (QED) is 0.761. The molecule has 0 spiro atoms. The molecule has 1 atom stereocenters. The van der Waals surface area contributed by atoms with Gasteiger partial charge < -0.3 is 10.7 Å². The molecule has 1 heterocycles. The molecule has 1 aliphatic rings. The Balaban J connectivity index is 2.02. The Morgan fingerprint density at radius 2 is 2.33 bits per heavy atom. The van der Waals surface area contributed by atoms with Gasteiger partial charge in [-0.3, -0.25) is 0 Å². The number of halogens is 1. The zero-order valence-electron chi connectivity index (χ0n) is 10.3. The van der Waals surface area contributed by atoms with Gasteiger partial charge in [0, 0.05) is 35.2 Å². The van der Waals surface area contributed by atoms with E-state index in [1.807, 2.05) is 12.1 Å². The van der Waals surface area contributed by atoms with Crippen molar-refractivity contribution in [2.24, 2.45) is 5.73 Å². The van der Waals surface area contributed by atoms with Crippen molar-refractivity contribution in [2.45, 2.75) is 25.7 Å². The van der Waals surface area contributed by atoms with E-state index in [1.54, 1.807) is 0 Å². The third kappa shape index (κ3) is 1.74. The number of nitrogens with two attached hydrogens (primary N) is 1. The van der Waals surface area contributed by atoms with Gasteiger partial charge in [0.15, 0.2) is 0 Å². The van der Waals surface area contributed by atoms with Gasteiger partial charge in [-0.1, -0.05) is 24.6 Å². The number of nitrogens with one attached hydrogen (secondary N) is 1. The summed E-state index contributed by atoms with van der Waals surface area (Å²) in [6.07, 6.45) is 1.90. The van der Waals surface area contributed by atoms with Gasteiger partial charge in [0.1, 0.15) is 5.82 Å². The largest absolute Gasteiger partial charge is 0.345 e. The van der Waals surface area contributed by atoms with Crippen molar-refractivity contribution in [2.75, 3.05) is 6.54 Å². The molecule has 1 aromatic carbocycles. The summed E-state index contributed by atoms with van der Waals surface area (Å²) < 4.78 is 0. The predicted octanol–water partition coefficient (Wildman–Crippen LogP) is 3.09. The van der Waals surface area contributed by atoms with E-state index in [-0.39, 0.29) is 0 Å². The molecule has 1 aliphatic carbocycles. The molecule has 1 unspecified atom stereocenters. The van der Waals surface area contributed by atoms with Crippen LogP contribution >= 0.6 is 11.6 Å². The number of hydrogen-bond acceptors (Lipinski definition) is 2. The molecular formula is C14H16ClN3. The average molecular weight is 262 g/mol. The van der Waals surface area contributed by atoms with Gasteiger partial charge in [-0.2, -0.15) is 0 Å². The van der Waals surface area contributed by atoms with E-state index in [2.05, 4.69) is 18.0 Å². The molecule has 3 rings (SSSR count). The fourth-order valence-corrected chi connectivity index (χ4v) is 2.77. The molecule has 3 N–H and O–H groups in total. The number of rotatable bonds is 3. The third-order valence-electron chi connectivity index (χ3n) is 3.65. The predicted molar refractivity (Wildman–Crippen MR) is 73.9 cm³/mol. The Labute approximate surface area is 111 Å². The second kappa shape index (κ2) is 4.41. The van der Waals surface area contributed by atoms with E-state index < -0.39 is 0 Å². The second-order valence-corrected chi connectivity index (χ2v) is 5.20. The Bertz CT molecular complexity index is 585. The normalized spacial score (nSPS) is 14.4. The van der Waals surface area contributed by atoms with Crippen LogP contribution < -0.4 is 5.73 Å². The van der Waals surface area contributed by atoms with E-state index in [0.717, 1.165) is 29.4 Å². The molecular weight excluding hydrogens is 246 g/mol. The highest BCUT2D eigenvalue weighted by Gasteiger charge is 2.24. The van der Waals surface area contributed by atoms with Gasteiger partial charge in [-0.15, -0.1) is 0 Å². The van der Waals surface area contributed by atoms with Crippen molar-refractivity contribution < 1.29 is 0 Å². The third-order valence-corrected chi connectivity index (χ3v) is 3.89. The zero-order chi connectivity index (χ0) is 12.7. The number of imidazole rings is 1. The van der Waals surface area contributed by atoms with Crippen LogP contribution in [0.2, 0.25) is 5.02 Å². The van der Waals surface area contributed by atoms with E-state index in [4.69, 9.17) is 22.3 Å². The zero-order valence-corrected chi connectivity index (χ0v) is 11.1. The Hall–Kier alpha value is -1.32. The maximum atomic E-state index is 6.01. The van der Waals surface area contributed by atoms with Crippen LogP contribution in [0.25, 0.3) is 11.3 Å². The molecule has 0 radical (unpaired) electrons. The monoisotopic (exact) mass is 261 g/mol. The average Bonchev–Trinajstić information content (AvgIpc) is 2.87. The number of hydrogen-bond donors (Lipinski definition) is 2. The first-order valence-corrected chi connectivity index (χ1v) is 6.68. The highest BCUT2D eigenvalue weighted by atomic mass is 35.5. The number of fused-ring (bicyclic) bond motifs is 3. The van der Waals surface area contributed by atoms with Crippen molar-refractivity contribution in [3.8, 4) is 11.3 Å². The van der Waals surface area contributed by atoms with Gasteiger partial charge in [-0.05, 0) is 24.1 Å². The summed E-state index contributed by atoms with van der Waals surface area (Å²) in [6.45, 7) is 2.77. The van der Waals surface area contributed by atoms with E-state index in [1.165, 1.54) is 16.8 Å². The van der Waals surface area contributed by atoms with E-state index in [9.17, 15) is 0 Å². The van der Waals surface area contributed by atoms with Crippen LogP contribution in [0.15, 0.2) is 18.2 Å². The molecule has 0 aliphatic heterocycles. The molecule has 0 bridgehead atoms. The fraction of sp³-hybridized carbons (Fsp3) is 0.357. The van der Waals surface area contributed by atoms with Crippen molar-refractivity contribution in [1.29, 1.82) is 0 Å². The first-order valence-electron chi connectivity index (χ1n) is 6.30. The summed E-state index contributed by atoms with van der Waals surface area (Å²) in [7, 11) is 0. The minimum Gasteiger partial charge on any atom is -0.345 e. The van der Waals surface area contributed by atoms with Crippen molar-refractivity contribution >= 4 is 11.6 Å². The van der Waals surface area contributed by atoms with Crippen LogP contribution in [0.4, 0.5) is 0 Å². The molecule has 4 heteroatoms. The summed E-state index contributed by atoms with van der Waals surface area (Å²) in [6, 6.07) is 5.99. The lowest BCUT2D eigenvalue weighted by molar-refractivity contribution is 0.637. The molecule has 18 heavy (non-hydrogen) atoms. The van der Waals surface area contributed by atoms with Gasteiger partial charge in [0.2, 0.25) is 0 Å². The summed E-state index contributed by atoms with van der Waals surface area (Å²) in [5.74, 6) is 1.34. The lowest BCUT2D eigenvalue weighted by atomic mass is 10.1. The van der Waals surface area contributed by atoms with Crippen LogP contribution in [0.3, 0.4) is 0 Å². The summed E-state index contributed by atoms with van der Waals surface area (Å²) in [4.78, 5) is 8.15. The van der Waals surface area contributed by atoms with Crippen LogP contribution in [-0.4, -0.2) is 16.5 Å². The van der Waals surface area contributed by atoms with E-state index in [0.29, 0.717) is 12.5 Å². The summed E-state index contributed by atoms with van der Waals surface area (Å²) in [5.41, 5.74) is 10.5. The Morgan fingerprint density at radius 3 is 3.06 bits per heavy atom. The van der Waals surface area contributed by atoms with E-state index >= 15 is 0 Å². The van der Waals surface area contributed by atoms with Crippen LogP contribution in [0, 0.1) is 0 Å². The maximum absolute atomic E-state index is 6.01. The molecule has 0 fully saturated rings. The van der Waals surface area contributed by atoms with Gasteiger partial charge in [0.25, 0.3) is 0 Å².